The molecule has 0 spiro atoms. The van der Waals surface area contributed by atoms with Gasteiger partial charge in [0, 0.05) is 5.92 Å². The molecule has 2 aromatic rings. The summed E-state index contributed by atoms with van der Waals surface area (Å²) in [5, 5.41) is 34.3. The van der Waals surface area contributed by atoms with Crippen molar-refractivity contribution in [2.45, 2.75) is 36.5 Å². The number of ketones is 4. The minimum absolute atomic E-state index is 0.102. The zero-order chi connectivity index (χ0) is 28.4. The largest absolute Gasteiger partial charge is 0.507 e. The predicted octanol–water partition coefficient (Wildman–Crippen LogP) is 0.0117. The minimum Gasteiger partial charge on any atom is -0.507 e. The molecule has 0 aliphatic heterocycles. The number of benzene rings is 2. The molecule has 0 aromatic heterocycles. The van der Waals surface area contributed by atoms with Crippen LogP contribution in [-0.4, -0.2) is 81.1 Å². The lowest BCUT2D eigenvalue weighted by Gasteiger charge is -2.56. The molecule has 39 heavy (non-hydrogen) atoms. The highest BCUT2D eigenvalue weighted by molar-refractivity contribution is 6.32. The Bertz CT molecular complexity index is 1390. The monoisotopic (exact) mass is 534 g/mol. The summed E-state index contributed by atoms with van der Waals surface area (Å²) in [6, 6.07) is 12.6. The molecule has 10 nitrogen and oxygen atoms in total. The second kappa shape index (κ2) is 9.48. The van der Waals surface area contributed by atoms with Gasteiger partial charge in [-0.3, -0.25) is 28.9 Å². The predicted molar refractivity (Wildman–Crippen MR) is 137 cm³/mol. The average molecular weight is 535 g/mol. The van der Waals surface area contributed by atoms with E-state index in [1.807, 2.05) is 30.3 Å². The van der Waals surface area contributed by atoms with Gasteiger partial charge in [0.1, 0.15) is 5.75 Å². The molecule has 2 fully saturated rings. The topological polar surface area (TPSA) is 175 Å². The van der Waals surface area contributed by atoms with Crippen LogP contribution < -0.4 is 5.73 Å². The van der Waals surface area contributed by atoms with Crippen molar-refractivity contribution < 1.29 is 39.3 Å². The summed E-state index contributed by atoms with van der Waals surface area (Å²) >= 11 is 0. The van der Waals surface area contributed by atoms with E-state index >= 15 is 0 Å². The Labute approximate surface area is 224 Å². The van der Waals surface area contributed by atoms with Gasteiger partial charge in [-0.2, -0.15) is 0 Å². The number of phenols is 1. The minimum atomic E-state index is -3.01. The third-order valence-corrected chi connectivity index (χ3v) is 8.74. The molecular weight excluding hydrogens is 504 g/mol. The number of amides is 1. The Kier molecular flexibility index (Phi) is 6.53. The molecule has 0 saturated heterocycles. The van der Waals surface area contributed by atoms with E-state index in [4.69, 9.17) is 5.73 Å². The number of aliphatic hydroxyl groups is 2. The average Bonchev–Trinajstić information content (AvgIpc) is 2.88. The van der Waals surface area contributed by atoms with Gasteiger partial charge in [-0.05, 0) is 50.0 Å². The summed E-state index contributed by atoms with van der Waals surface area (Å²) in [7, 11) is 2.93. The SMILES string of the molecule is CN(C)[C@H]1C(=O)C(C(N)=O)C(=O)[C@]2(O)C(=O)C3C(=O)c4c(O)cccc4[C@@H](CCc4ccccc4)[C@@H]3[C@@H](O)[C@H]12. The summed E-state index contributed by atoms with van der Waals surface area (Å²) in [5.74, 6) is -13.2. The lowest BCUT2D eigenvalue weighted by Crippen LogP contribution is -2.77. The second-order valence-corrected chi connectivity index (χ2v) is 10.9. The maximum absolute atomic E-state index is 14.1. The van der Waals surface area contributed by atoms with Crippen LogP contribution >= 0.6 is 0 Å². The number of hydrogen-bond donors (Lipinski definition) is 4. The zero-order valence-electron chi connectivity index (χ0n) is 21.5. The summed E-state index contributed by atoms with van der Waals surface area (Å²) in [6.07, 6.45) is -0.790. The number of hydrogen-bond acceptors (Lipinski definition) is 9. The highest BCUT2D eigenvalue weighted by atomic mass is 16.3. The number of likely N-dealkylation sites (N-methyl/N-ethyl adjacent to an activating group) is 1. The standard InChI is InChI=1S/C29H30N2O8/c1-31(2)22-21-24(34)18-15(12-11-13-7-4-3-5-8-13)14-9-6-10-16(32)17(14)23(33)19(18)26(36)29(21,39)27(37)20(25(22)35)28(30)38/h3-10,15,18-22,24,32,34,39H,11-12H2,1-2H3,(H2,30,38)/t15-,18+,19?,20?,21+,22-,24-,29-/m1/s1. The number of nitrogens with two attached hydrogens (primary N) is 1. The third-order valence-electron chi connectivity index (χ3n) is 8.74. The molecule has 8 atom stereocenters. The number of Topliss-reactive ketones (excluding diaryl/α,β-unsaturated/α-hetero) is 4. The van der Waals surface area contributed by atoms with Gasteiger partial charge in [0.2, 0.25) is 5.91 Å². The number of carbonyl (C=O) groups excluding carboxylic acids is 5. The lowest BCUT2D eigenvalue weighted by atomic mass is 9.49. The van der Waals surface area contributed by atoms with E-state index in [0.29, 0.717) is 18.4 Å². The molecule has 0 heterocycles. The Morgan fingerprint density at radius 1 is 1.00 bits per heavy atom. The lowest BCUT2D eigenvalue weighted by molar-refractivity contribution is -0.197. The second-order valence-electron chi connectivity index (χ2n) is 10.9. The van der Waals surface area contributed by atoms with Crippen molar-refractivity contribution in [3.8, 4) is 5.75 Å². The molecule has 2 unspecified atom stereocenters. The van der Waals surface area contributed by atoms with E-state index in [9.17, 15) is 39.3 Å². The Morgan fingerprint density at radius 3 is 2.28 bits per heavy atom. The van der Waals surface area contributed by atoms with Crippen LogP contribution in [0.1, 0.15) is 33.8 Å². The maximum atomic E-state index is 14.1. The van der Waals surface area contributed by atoms with E-state index in [2.05, 4.69) is 0 Å². The fraction of sp³-hybridized carbons (Fsp3) is 0.414. The van der Waals surface area contributed by atoms with Crippen molar-refractivity contribution in [3.63, 3.8) is 0 Å². The zero-order valence-corrected chi connectivity index (χ0v) is 21.5. The molecule has 2 aromatic carbocycles. The highest BCUT2D eigenvalue weighted by Crippen LogP contribution is 2.55. The molecule has 5 N–H and O–H groups in total. The number of aryl methyl sites for hydroxylation is 1. The molecule has 1 amide bonds. The van der Waals surface area contributed by atoms with Gasteiger partial charge in [0.05, 0.1) is 29.5 Å². The van der Waals surface area contributed by atoms with E-state index in [1.165, 1.54) is 25.1 Å². The molecular formula is C29H30N2O8. The number of nitrogens with zero attached hydrogens (tertiary/aromatic N) is 1. The van der Waals surface area contributed by atoms with Crippen molar-refractivity contribution >= 4 is 29.0 Å². The van der Waals surface area contributed by atoms with Crippen LogP contribution in [-0.2, 0) is 25.6 Å². The van der Waals surface area contributed by atoms with Crippen molar-refractivity contribution in [1.29, 1.82) is 0 Å². The summed E-state index contributed by atoms with van der Waals surface area (Å²) in [4.78, 5) is 68.2. The highest BCUT2D eigenvalue weighted by Gasteiger charge is 2.73. The number of carbonyl (C=O) groups is 5. The first-order valence-electron chi connectivity index (χ1n) is 12.8. The normalized spacial score (nSPS) is 33.9. The van der Waals surface area contributed by atoms with E-state index in [-0.39, 0.29) is 11.3 Å². The van der Waals surface area contributed by atoms with Crippen LogP contribution in [0.2, 0.25) is 0 Å². The first kappa shape index (κ1) is 26.9. The summed E-state index contributed by atoms with van der Waals surface area (Å²) < 4.78 is 0. The first-order chi connectivity index (χ1) is 18.4. The maximum Gasteiger partial charge on any atom is 0.235 e. The molecule has 3 aliphatic carbocycles. The summed E-state index contributed by atoms with van der Waals surface area (Å²) in [5.41, 5.74) is 3.65. The number of rotatable bonds is 5. The molecule has 3 aliphatic rings. The van der Waals surface area contributed by atoms with E-state index < -0.39 is 76.4 Å². The van der Waals surface area contributed by atoms with Crippen LogP contribution in [0, 0.1) is 23.7 Å². The molecule has 5 rings (SSSR count). The first-order valence-corrected chi connectivity index (χ1v) is 12.8. The van der Waals surface area contributed by atoms with Gasteiger partial charge >= 0.3 is 0 Å². The Balaban J connectivity index is 1.69. The number of primary amides is 1. The third kappa shape index (κ3) is 3.77. The molecule has 0 radical (unpaired) electrons. The number of aliphatic hydroxyl groups excluding tert-OH is 1. The molecule has 10 heteroatoms. The van der Waals surface area contributed by atoms with Crippen LogP contribution in [0.15, 0.2) is 48.5 Å². The van der Waals surface area contributed by atoms with Crippen LogP contribution in [0.4, 0.5) is 0 Å². The van der Waals surface area contributed by atoms with E-state index in [1.54, 1.807) is 12.1 Å². The Morgan fingerprint density at radius 2 is 1.67 bits per heavy atom. The van der Waals surface area contributed by atoms with Crippen molar-refractivity contribution in [2.24, 2.45) is 29.4 Å². The molecule has 204 valence electrons. The van der Waals surface area contributed by atoms with Gasteiger partial charge < -0.3 is 21.1 Å². The number of aromatic hydroxyl groups is 1. The Hall–Kier alpha value is -3.73. The van der Waals surface area contributed by atoms with Crippen LogP contribution in [0.5, 0.6) is 5.75 Å². The van der Waals surface area contributed by atoms with Crippen LogP contribution in [0.3, 0.4) is 0 Å². The van der Waals surface area contributed by atoms with Crippen molar-refractivity contribution in [2.75, 3.05) is 14.1 Å². The van der Waals surface area contributed by atoms with Crippen LogP contribution in [0.25, 0.3) is 0 Å². The fourth-order valence-electron chi connectivity index (χ4n) is 7.08. The summed E-state index contributed by atoms with van der Waals surface area (Å²) in [6.45, 7) is 0. The van der Waals surface area contributed by atoms with Gasteiger partial charge in [-0.25, -0.2) is 0 Å². The van der Waals surface area contributed by atoms with Gasteiger partial charge in [0.25, 0.3) is 0 Å². The smallest absolute Gasteiger partial charge is 0.235 e. The number of fused-ring (bicyclic) bond motifs is 3. The van der Waals surface area contributed by atoms with Gasteiger partial charge in [-0.15, -0.1) is 0 Å². The van der Waals surface area contributed by atoms with E-state index in [0.717, 1.165) is 5.56 Å². The molecule has 2 saturated carbocycles. The number of phenolic OH excluding ortho intramolecular Hbond substituents is 1. The van der Waals surface area contributed by atoms with Crippen molar-refractivity contribution in [1.82, 2.24) is 4.90 Å². The molecule has 0 bridgehead atoms. The van der Waals surface area contributed by atoms with Gasteiger partial charge in [-0.1, -0.05) is 42.5 Å². The quantitative estimate of drug-likeness (QED) is 0.385. The fourth-order valence-corrected chi connectivity index (χ4v) is 7.08. The van der Waals surface area contributed by atoms with Gasteiger partial charge in [0.15, 0.2) is 34.7 Å². The van der Waals surface area contributed by atoms with Crippen molar-refractivity contribution in [3.05, 3.63) is 65.2 Å².